The predicted molar refractivity (Wildman–Crippen MR) is 119 cm³/mol. The van der Waals surface area contributed by atoms with Crippen LogP contribution >= 0.6 is 0 Å². The summed E-state index contributed by atoms with van der Waals surface area (Å²) in [7, 11) is 0. The quantitative estimate of drug-likeness (QED) is 0.399. The number of nitrogens with zero attached hydrogens (tertiary/aromatic N) is 2. The molecule has 1 heterocycles. The minimum absolute atomic E-state index is 0.123. The minimum atomic E-state index is -0.257. The Balaban J connectivity index is 1.19. The van der Waals surface area contributed by atoms with Gasteiger partial charge in [-0.25, -0.2) is 0 Å². The Morgan fingerprint density at radius 1 is 0.938 bits per heavy atom. The molecule has 4 rings (SSSR count). The molecule has 0 radical (unpaired) electrons. The molecule has 0 spiro atoms. The van der Waals surface area contributed by atoms with Crippen molar-refractivity contribution in [3.05, 3.63) is 83.6 Å². The molecule has 168 valence electrons. The highest BCUT2D eigenvalue weighted by Gasteiger charge is 2.28. The van der Waals surface area contributed by atoms with E-state index < -0.39 is 0 Å². The molecule has 0 N–H and O–H groups in total. The van der Waals surface area contributed by atoms with Crippen LogP contribution in [0.4, 0.5) is 0 Å². The van der Waals surface area contributed by atoms with Crippen molar-refractivity contribution in [2.45, 2.75) is 64.3 Å². The van der Waals surface area contributed by atoms with Gasteiger partial charge in [-0.15, -0.1) is 10.2 Å². The second kappa shape index (κ2) is 11.0. The Hall–Kier alpha value is -2.99. The van der Waals surface area contributed by atoms with E-state index >= 15 is 0 Å². The summed E-state index contributed by atoms with van der Waals surface area (Å²) in [5.74, 6) is 1.67. The summed E-state index contributed by atoms with van der Waals surface area (Å²) in [6.45, 7) is 2.77. The van der Waals surface area contributed by atoms with Gasteiger partial charge in [0.2, 0.25) is 11.8 Å². The van der Waals surface area contributed by atoms with Crippen LogP contribution in [0.5, 0.6) is 0 Å². The van der Waals surface area contributed by atoms with Gasteiger partial charge >= 0.3 is 5.97 Å². The van der Waals surface area contributed by atoms with Crippen LogP contribution in [0.3, 0.4) is 0 Å². The van der Waals surface area contributed by atoms with Crippen molar-refractivity contribution in [3.8, 4) is 0 Å². The Morgan fingerprint density at radius 2 is 1.56 bits per heavy atom. The average Bonchev–Trinajstić information content (AvgIpc) is 3.34. The number of aromatic nitrogens is 2. The molecule has 1 aliphatic carbocycles. The molecule has 1 fully saturated rings. The molecule has 0 saturated heterocycles. The summed E-state index contributed by atoms with van der Waals surface area (Å²) in [6.07, 6.45) is 4.02. The second-order valence-corrected chi connectivity index (χ2v) is 8.49. The number of ether oxygens (including phenoxy) is 2. The van der Waals surface area contributed by atoms with Gasteiger partial charge in [-0.1, -0.05) is 60.7 Å². The summed E-state index contributed by atoms with van der Waals surface area (Å²) in [6, 6.07) is 19.8. The van der Waals surface area contributed by atoms with Crippen molar-refractivity contribution in [3.63, 3.8) is 0 Å². The fraction of sp³-hybridized carbons (Fsp3) is 0.423. The summed E-state index contributed by atoms with van der Waals surface area (Å²) in [4.78, 5) is 12.2. The molecule has 6 nitrogen and oxygen atoms in total. The highest BCUT2D eigenvalue weighted by molar-refractivity contribution is 5.69. The monoisotopic (exact) mass is 434 g/mol. The van der Waals surface area contributed by atoms with Crippen LogP contribution in [0, 0.1) is 5.92 Å². The van der Waals surface area contributed by atoms with Crippen molar-refractivity contribution in [1.82, 2.24) is 10.2 Å². The lowest BCUT2D eigenvalue weighted by molar-refractivity contribution is -0.146. The van der Waals surface area contributed by atoms with E-state index in [1.54, 1.807) is 0 Å². The Labute approximate surface area is 189 Å². The zero-order valence-electron chi connectivity index (χ0n) is 18.5. The highest BCUT2D eigenvalue weighted by Crippen LogP contribution is 2.37. The highest BCUT2D eigenvalue weighted by atomic mass is 16.5. The lowest BCUT2D eigenvalue weighted by Crippen LogP contribution is -2.18. The smallest absolute Gasteiger partial charge is 0.306 e. The summed E-state index contributed by atoms with van der Waals surface area (Å²) in [5.41, 5.74) is 2.12. The van der Waals surface area contributed by atoms with Crippen LogP contribution in [-0.4, -0.2) is 16.2 Å². The zero-order chi connectivity index (χ0) is 22.2. The first-order valence-corrected chi connectivity index (χ1v) is 11.4. The van der Waals surface area contributed by atoms with Crippen molar-refractivity contribution < 1.29 is 18.7 Å². The molecule has 3 aromatic rings. The summed E-state index contributed by atoms with van der Waals surface area (Å²) < 4.78 is 17.3. The Bertz CT molecular complexity index is 966. The van der Waals surface area contributed by atoms with Gasteiger partial charge in [-0.3, -0.25) is 4.79 Å². The van der Waals surface area contributed by atoms with Crippen LogP contribution in [0.25, 0.3) is 0 Å². The topological polar surface area (TPSA) is 74.5 Å². The lowest BCUT2D eigenvalue weighted by Gasteiger charge is -2.25. The maximum Gasteiger partial charge on any atom is 0.306 e. The van der Waals surface area contributed by atoms with Gasteiger partial charge < -0.3 is 13.9 Å². The van der Waals surface area contributed by atoms with Crippen molar-refractivity contribution in [2.24, 2.45) is 5.92 Å². The number of carbonyl (C=O) groups is 1. The van der Waals surface area contributed by atoms with Crippen molar-refractivity contribution in [2.75, 3.05) is 0 Å². The Kier molecular flexibility index (Phi) is 7.67. The Morgan fingerprint density at radius 3 is 2.22 bits per heavy atom. The third-order valence-corrected chi connectivity index (χ3v) is 6.04. The predicted octanol–water partition coefficient (Wildman–Crippen LogP) is 5.75. The number of carbonyl (C=O) groups excluding carboxylic acids is 1. The second-order valence-electron chi connectivity index (χ2n) is 8.49. The molecule has 1 aliphatic rings. The van der Waals surface area contributed by atoms with Crippen molar-refractivity contribution in [1.29, 1.82) is 0 Å². The maximum absolute atomic E-state index is 12.2. The first-order chi connectivity index (χ1) is 15.7. The molecule has 32 heavy (non-hydrogen) atoms. The van der Waals surface area contributed by atoms with Gasteiger partial charge in [0.25, 0.3) is 0 Å². The fourth-order valence-electron chi connectivity index (χ4n) is 4.09. The third kappa shape index (κ3) is 6.26. The molecule has 0 aliphatic heterocycles. The molecule has 0 amide bonds. The lowest BCUT2D eigenvalue weighted by atomic mass is 9.80. The van der Waals surface area contributed by atoms with Gasteiger partial charge in [0.1, 0.15) is 12.7 Å². The largest absolute Gasteiger partial charge is 0.461 e. The molecule has 6 heteroatoms. The van der Waals surface area contributed by atoms with Gasteiger partial charge in [0.05, 0.1) is 6.61 Å². The number of hydrogen-bond donors (Lipinski definition) is 0. The van der Waals surface area contributed by atoms with E-state index in [1.807, 2.05) is 67.6 Å². The van der Waals surface area contributed by atoms with Crippen LogP contribution < -0.4 is 0 Å². The SMILES string of the molecule is C[C@@H](OCc1ccccc1)c1nnc(C2CCC(CC(=O)OCc3ccccc3)CC2)o1. The van der Waals surface area contributed by atoms with Crippen LogP contribution in [0.15, 0.2) is 65.1 Å². The molecule has 1 atom stereocenters. The zero-order valence-corrected chi connectivity index (χ0v) is 18.5. The van der Waals surface area contributed by atoms with E-state index in [4.69, 9.17) is 13.9 Å². The van der Waals surface area contributed by atoms with E-state index in [0.29, 0.717) is 37.3 Å². The summed E-state index contributed by atoms with van der Waals surface area (Å²) >= 11 is 0. The number of esters is 1. The van der Waals surface area contributed by atoms with Crippen LogP contribution in [0.2, 0.25) is 0 Å². The number of rotatable bonds is 9. The van der Waals surface area contributed by atoms with Gasteiger partial charge in [-0.05, 0) is 49.7 Å². The van der Waals surface area contributed by atoms with Gasteiger partial charge in [-0.2, -0.15) is 0 Å². The van der Waals surface area contributed by atoms with Crippen LogP contribution in [-0.2, 0) is 27.5 Å². The minimum Gasteiger partial charge on any atom is -0.461 e. The maximum atomic E-state index is 12.2. The molecule has 1 aromatic heterocycles. The first kappa shape index (κ1) is 22.2. The normalized spacial score (nSPS) is 19.4. The van der Waals surface area contributed by atoms with Crippen molar-refractivity contribution >= 4 is 5.97 Å². The summed E-state index contributed by atoms with van der Waals surface area (Å²) in [5, 5.41) is 8.48. The van der Waals surface area contributed by atoms with Gasteiger partial charge in [0.15, 0.2) is 0 Å². The molecular weight excluding hydrogens is 404 g/mol. The first-order valence-electron chi connectivity index (χ1n) is 11.4. The molecule has 2 aromatic carbocycles. The molecule has 0 bridgehead atoms. The van der Waals surface area contributed by atoms with Gasteiger partial charge in [0, 0.05) is 12.3 Å². The number of hydrogen-bond acceptors (Lipinski definition) is 6. The standard InChI is InChI=1S/C26H30N2O4/c1-19(30-17-21-8-4-2-5-9-21)25-27-28-26(32-25)23-14-12-20(13-15-23)16-24(29)31-18-22-10-6-3-7-11-22/h2-11,19-20,23H,12-18H2,1H3/t19-,20?,23?/m1/s1. The molecule has 0 unspecified atom stereocenters. The van der Waals surface area contributed by atoms with E-state index in [9.17, 15) is 4.79 Å². The van der Waals surface area contributed by atoms with Crippen LogP contribution in [0.1, 0.15) is 74.0 Å². The molecule has 1 saturated carbocycles. The van der Waals surface area contributed by atoms with E-state index in [0.717, 1.165) is 36.8 Å². The number of benzene rings is 2. The van der Waals surface area contributed by atoms with E-state index in [2.05, 4.69) is 10.2 Å². The average molecular weight is 435 g/mol. The fourth-order valence-corrected chi connectivity index (χ4v) is 4.09. The van der Waals surface area contributed by atoms with E-state index in [1.165, 1.54) is 0 Å². The molecular formula is C26H30N2O4. The third-order valence-electron chi connectivity index (χ3n) is 6.04. The van der Waals surface area contributed by atoms with E-state index in [-0.39, 0.29) is 18.0 Å².